The third-order valence-corrected chi connectivity index (χ3v) is 3.86. The van der Waals surface area contributed by atoms with Crippen LogP contribution in [0.25, 0.3) is 10.1 Å². The Kier molecular flexibility index (Phi) is 4.19. The molecule has 0 fully saturated rings. The lowest BCUT2D eigenvalue weighted by Gasteiger charge is -2.18. The number of benzene rings is 1. The number of nitrogen functional groups attached to an aromatic ring is 1. The summed E-state index contributed by atoms with van der Waals surface area (Å²) in [5.41, 5.74) is 6.41. The van der Waals surface area contributed by atoms with Crippen LogP contribution in [0.4, 0.5) is 5.69 Å². The maximum absolute atomic E-state index is 12.3. The van der Waals surface area contributed by atoms with Crippen molar-refractivity contribution >= 4 is 33.0 Å². The number of amides is 1. The molecular weight excluding hydrogens is 260 g/mol. The molecule has 0 unspecified atom stereocenters. The maximum Gasteiger partial charge on any atom is 0.264 e. The fourth-order valence-electron chi connectivity index (χ4n) is 1.88. The number of nitrogens with zero attached hydrogens (tertiary/aromatic N) is 1. The molecule has 5 heteroatoms. The first kappa shape index (κ1) is 13.6. The number of anilines is 1. The van der Waals surface area contributed by atoms with Crippen molar-refractivity contribution in [1.82, 2.24) is 4.90 Å². The molecule has 2 rings (SSSR count). The molecule has 0 saturated carbocycles. The van der Waals surface area contributed by atoms with E-state index in [0.29, 0.717) is 23.7 Å². The van der Waals surface area contributed by atoms with Crippen molar-refractivity contribution < 1.29 is 9.90 Å². The number of thiophene rings is 1. The number of hydrogen-bond donors (Lipinski definition) is 2. The number of aliphatic hydroxyl groups excluding tert-OH is 1. The molecule has 0 saturated heterocycles. The average Bonchev–Trinajstić information content (AvgIpc) is 2.80. The second-order valence-electron chi connectivity index (χ2n) is 4.17. The van der Waals surface area contributed by atoms with Crippen LogP contribution in [0.2, 0.25) is 0 Å². The Morgan fingerprint density at radius 3 is 2.95 bits per heavy atom. The van der Waals surface area contributed by atoms with Gasteiger partial charge in [-0.15, -0.1) is 17.9 Å². The predicted molar refractivity (Wildman–Crippen MR) is 79.4 cm³/mol. The van der Waals surface area contributed by atoms with Gasteiger partial charge in [0.1, 0.15) is 0 Å². The maximum atomic E-state index is 12.3. The first-order chi connectivity index (χ1) is 9.15. The van der Waals surface area contributed by atoms with Gasteiger partial charge in [-0.2, -0.15) is 0 Å². The Morgan fingerprint density at radius 1 is 1.47 bits per heavy atom. The predicted octanol–water partition coefficient (Wildman–Crippen LogP) is 2.10. The summed E-state index contributed by atoms with van der Waals surface area (Å²) in [5.74, 6) is -0.0891. The van der Waals surface area contributed by atoms with Gasteiger partial charge in [-0.3, -0.25) is 4.79 Å². The molecule has 0 spiro atoms. The van der Waals surface area contributed by atoms with E-state index in [4.69, 9.17) is 10.8 Å². The van der Waals surface area contributed by atoms with E-state index in [1.165, 1.54) is 11.3 Å². The molecule has 1 aromatic heterocycles. The number of hydrogen-bond acceptors (Lipinski definition) is 4. The SMILES string of the molecule is C=CCN(CCO)C(=O)c1cc2cc(N)ccc2s1. The average molecular weight is 276 g/mol. The summed E-state index contributed by atoms with van der Waals surface area (Å²) in [6, 6.07) is 7.43. The van der Waals surface area contributed by atoms with Crippen LogP contribution in [-0.2, 0) is 0 Å². The normalized spacial score (nSPS) is 10.6. The van der Waals surface area contributed by atoms with E-state index < -0.39 is 0 Å². The second kappa shape index (κ2) is 5.86. The van der Waals surface area contributed by atoms with Gasteiger partial charge >= 0.3 is 0 Å². The van der Waals surface area contributed by atoms with Crippen molar-refractivity contribution in [2.24, 2.45) is 0 Å². The minimum Gasteiger partial charge on any atom is -0.399 e. The lowest BCUT2D eigenvalue weighted by Crippen LogP contribution is -2.33. The summed E-state index contributed by atoms with van der Waals surface area (Å²) in [6.07, 6.45) is 1.65. The lowest BCUT2D eigenvalue weighted by molar-refractivity contribution is 0.0748. The highest BCUT2D eigenvalue weighted by molar-refractivity contribution is 7.20. The Morgan fingerprint density at radius 2 is 2.26 bits per heavy atom. The Hall–Kier alpha value is -1.85. The highest BCUT2D eigenvalue weighted by Gasteiger charge is 2.16. The van der Waals surface area contributed by atoms with Crippen LogP contribution in [0.5, 0.6) is 0 Å². The van der Waals surface area contributed by atoms with Crippen LogP contribution in [-0.4, -0.2) is 35.6 Å². The largest absolute Gasteiger partial charge is 0.399 e. The van der Waals surface area contributed by atoms with E-state index in [9.17, 15) is 4.79 Å². The summed E-state index contributed by atoms with van der Waals surface area (Å²) in [4.78, 5) is 14.5. The summed E-state index contributed by atoms with van der Waals surface area (Å²) in [6.45, 7) is 4.30. The van der Waals surface area contributed by atoms with Crippen molar-refractivity contribution in [3.8, 4) is 0 Å². The van der Waals surface area contributed by atoms with Crippen LogP contribution in [0, 0.1) is 0 Å². The number of carbonyl (C=O) groups excluding carboxylic acids is 1. The molecule has 4 nitrogen and oxygen atoms in total. The van der Waals surface area contributed by atoms with E-state index in [1.807, 2.05) is 24.3 Å². The zero-order valence-electron chi connectivity index (χ0n) is 10.5. The van der Waals surface area contributed by atoms with Gasteiger partial charge in [0.05, 0.1) is 11.5 Å². The highest BCUT2D eigenvalue weighted by atomic mass is 32.1. The Labute approximate surface area is 115 Å². The topological polar surface area (TPSA) is 66.6 Å². The number of carbonyl (C=O) groups is 1. The molecule has 0 radical (unpaired) electrons. The zero-order valence-corrected chi connectivity index (χ0v) is 11.3. The molecule has 0 atom stereocenters. The summed E-state index contributed by atoms with van der Waals surface area (Å²) >= 11 is 1.43. The molecule has 0 bridgehead atoms. The third-order valence-electron chi connectivity index (χ3n) is 2.76. The molecule has 0 aliphatic carbocycles. The monoisotopic (exact) mass is 276 g/mol. The number of nitrogens with two attached hydrogens (primary N) is 1. The van der Waals surface area contributed by atoms with Gasteiger partial charge in [-0.25, -0.2) is 0 Å². The first-order valence-electron chi connectivity index (χ1n) is 5.96. The fourth-order valence-corrected chi connectivity index (χ4v) is 2.89. The summed E-state index contributed by atoms with van der Waals surface area (Å²) in [7, 11) is 0. The molecular formula is C14H16N2O2S. The standard InChI is InChI=1S/C14H16N2O2S/c1-2-5-16(6-7-17)14(18)13-9-10-8-11(15)3-4-12(10)19-13/h2-4,8-9,17H,1,5-7,15H2. The van der Waals surface area contributed by atoms with E-state index >= 15 is 0 Å². The zero-order chi connectivity index (χ0) is 13.8. The molecule has 0 aliphatic rings. The molecule has 100 valence electrons. The Bertz CT molecular complexity index is 607. The van der Waals surface area contributed by atoms with Gasteiger partial charge in [-0.1, -0.05) is 6.08 Å². The van der Waals surface area contributed by atoms with Gasteiger partial charge in [0.25, 0.3) is 5.91 Å². The molecule has 0 aliphatic heterocycles. The van der Waals surface area contributed by atoms with Crippen LogP contribution in [0.1, 0.15) is 9.67 Å². The van der Waals surface area contributed by atoms with Crippen LogP contribution in [0.3, 0.4) is 0 Å². The Balaban J connectivity index is 2.31. The molecule has 3 N–H and O–H groups in total. The van der Waals surface area contributed by atoms with Crippen molar-refractivity contribution in [2.75, 3.05) is 25.4 Å². The quantitative estimate of drug-likeness (QED) is 0.649. The van der Waals surface area contributed by atoms with E-state index in [2.05, 4.69) is 6.58 Å². The van der Waals surface area contributed by atoms with Crippen LogP contribution < -0.4 is 5.73 Å². The van der Waals surface area contributed by atoms with Crippen LogP contribution in [0.15, 0.2) is 36.9 Å². The van der Waals surface area contributed by atoms with Crippen molar-refractivity contribution in [2.45, 2.75) is 0 Å². The molecule has 1 heterocycles. The van der Waals surface area contributed by atoms with E-state index in [1.54, 1.807) is 11.0 Å². The molecule has 1 amide bonds. The minimum atomic E-state index is -0.0891. The van der Waals surface area contributed by atoms with Crippen molar-refractivity contribution in [3.63, 3.8) is 0 Å². The van der Waals surface area contributed by atoms with Gasteiger partial charge in [0.15, 0.2) is 0 Å². The van der Waals surface area contributed by atoms with Crippen molar-refractivity contribution in [3.05, 3.63) is 41.8 Å². The highest BCUT2D eigenvalue weighted by Crippen LogP contribution is 2.28. The summed E-state index contributed by atoms with van der Waals surface area (Å²) < 4.78 is 1.03. The third kappa shape index (κ3) is 2.94. The van der Waals surface area contributed by atoms with E-state index in [0.717, 1.165) is 10.1 Å². The van der Waals surface area contributed by atoms with Gasteiger partial charge < -0.3 is 15.7 Å². The molecule has 2 aromatic rings. The number of fused-ring (bicyclic) bond motifs is 1. The summed E-state index contributed by atoms with van der Waals surface area (Å²) in [5, 5.41) is 9.96. The van der Waals surface area contributed by atoms with Crippen molar-refractivity contribution in [1.29, 1.82) is 0 Å². The van der Waals surface area contributed by atoms with Gasteiger partial charge in [0, 0.05) is 23.5 Å². The molecule has 1 aromatic carbocycles. The smallest absolute Gasteiger partial charge is 0.264 e. The molecule has 19 heavy (non-hydrogen) atoms. The first-order valence-corrected chi connectivity index (χ1v) is 6.77. The van der Waals surface area contributed by atoms with E-state index in [-0.39, 0.29) is 12.5 Å². The fraction of sp³-hybridized carbons (Fsp3) is 0.214. The minimum absolute atomic E-state index is 0.0581. The second-order valence-corrected chi connectivity index (χ2v) is 5.26. The van der Waals surface area contributed by atoms with Gasteiger partial charge in [0.2, 0.25) is 0 Å². The number of rotatable bonds is 5. The van der Waals surface area contributed by atoms with Gasteiger partial charge in [-0.05, 0) is 29.7 Å². The van der Waals surface area contributed by atoms with Crippen LogP contribution >= 0.6 is 11.3 Å². The lowest BCUT2D eigenvalue weighted by atomic mass is 10.2. The number of aliphatic hydroxyl groups is 1.